The summed E-state index contributed by atoms with van der Waals surface area (Å²) in [4.78, 5) is 25.9. The molecule has 3 rings (SSSR count). The normalized spacial score (nSPS) is 18.4. The van der Waals surface area contributed by atoms with E-state index in [4.69, 9.17) is 4.74 Å². The van der Waals surface area contributed by atoms with Crippen molar-refractivity contribution >= 4 is 12.0 Å². The van der Waals surface area contributed by atoms with E-state index in [0.29, 0.717) is 39.1 Å². The molecule has 1 fully saturated rings. The van der Waals surface area contributed by atoms with Crippen molar-refractivity contribution in [1.29, 1.82) is 0 Å². The SMILES string of the molecule is CCOC(=O)C1CCN(C(=O)NCc2nnc3n2CCCCC3)CC1. The summed E-state index contributed by atoms with van der Waals surface area (Å²) in [6.07, 6.45) is 5.78. The molecule has 1 aromatic heterocycles. The average molecular weight is 349 g/mol. The second-order valence-electron chi connectivity index (χ2n) is 6.67. The fourth-order valence-corrected chi connectivity index (χ4v) is 3.52. The first-order valence-electron chi connectivity index (χ1n) is 9.29. The maximum absolute atomic E-state index is 12.4. The number of aryl methyl sites for hydroxylation is 1. The Morgan fingerprint density at radius 3 is 2.72 bits per heavy atom. The molecule has 2 aliphatic rings. The standard InChI is InChI=1S/C17H27N5O3/c1-2-25-16(23)13-7-10-21(11-8-13)17(24)18-12-15-20-19-14-6-4-3-5-9-22(14)15/h13H,2-12H2,1H3,(H,18,24). The predicted molar refractivity (Wildman–Crippen MR) is 90.7 cm³/mol. The summed E-state index contributed by atoms with van der Waals surface area (Å²) in [7, 11) is 0. The van der Waals surface area contributed by atoms with E-state index in [2.05, 4.69) is 20.1 Å². The number of likely N-dealkylation sites (tertiary alicyclic amines) is 1. The molecule has 0 bridgehead atoms. The molecule has 138 valence electrons. The first kappa shape index (κ1) is 17.7. The second-order valence-corrected chi connectivity index (χ2v) is 6.67. The number of hydrogen-bond acceptors (Lipinski definition) is 5. The van der Waals surface area contributed by atoms with Crippen LogP contribution in [0.4, 0.5) is 4.79 Å². The molecule has 2 aliphatic heterocycles. The monoisotopic (exact) mass is 349 g/mol. The largest absolute Gasteiger partial charge is 0.466 e. The van der Waals surface area contributed by atoms with E-state index in [1.165, 1.54) is 6.42 Å². The number of hydrogen-bond donors (Lipinski definition) is 1. The molecule has 25 heavy (non-hydrogen) atoms. The number of urea groups is 1. The molecule has 0 unspecified atom stereocenters. The zero-order valence-electron chi connectivity index (χ0n) is 14.9. The van der Waals surface area contributed by atoms with Crippen LogP contribution in [0.1, 0.15) is 50.7 Å². The highest BCUT2D eigenvalue weighted by Crippen LogP contribution is 2.19. The summed E-state index contributed by atoms with van der Waals surface area (Å²) in [5, 5.41) is 11.4. The number of nitrogens with one attached hydrogen (secondary N) is 1. The smallest absolute Gasteiger partial charge is 0.317 e. The number of rotatable bonds is 4. The summed E-state index contributed by atoms with van der Waals surface area (Å²) < 4.78 is 7.20. The van der Waals surface area contributed by atoms with Gasteiger partial charge in [-0.25, -0.2) is 4.79 Å². The molecular weight excluding hydrogens is 322 g/mol. The van der Waals surface area contributed by atoms with E-state index >= 15 is 0 Å². The van der Waals surface area contributed by atoms with Gasteiger partial charge in [0, 0.05) is 26.1 Å². The lowest BCUT2D eigenvalue weighted by Crippen LogP contribution is -2.45. The minimum absolute atomic E-state index is 0.0868. The number of fused-ring (bicyclic) bond motifs is 1. The Balaban J connectivity index is 1.48. The van der Waals surface area contributed by atoms with E-state index < -0.39 is 0 Å². The molecule has 2 amide bonds. The number of esters is 1. The third-order valence-corrected chi connectivity index (χ3v) is 4.99. The molecule has 3 heterocycles. The number of carbonyl (C=O) groups is 2. The second kappa shape index (κ2) is 8.31. The molecular formula is C17H27N5O3. The van der Waals surface area contributed by atoms with Gasteiger partial charge in [-0.2, -0.15) is 0 Å². The van der Waals surface area contributed by atoms with Crippen molar-refractivity contribution in [2.75, 3.05) is 19.7 Å². The van der Waals surface area contributed by atoms with Gasteiger partial charge in [0.05, 0.1) is 19.1 Å². The summed E-state index contributed by atoms with van der Waals surface area (Å²) in [6.45, 7) is 4.69. The van der Waals surface area contributed by atoms with Crippen molar-refractivity contribution in [3.63, 3.8) is 0 Å². The molecule has 8 nitrogen and oxygen atoms in total. The fourth-order valence-electron chi connectivity index (χ4n) is 3.52. The summed E-state index contributed by atoms with van der Waals surface area (Å²) >= 11 is 0. The number of piperidine rings is 1. The lowest BCUT2D eigenvalue weighted by Gasteiger charge is -2.30. The van der Waals surface area contributed by atoms with E-state index in [1.54, 1.807) is 4.90 Å². The van der Waals surface area contributed by atoms with Crippen LogP contribution in [0.2, 0.25) is 0 Å². The quantitative estimate of drug-likeness (QED) is 0.832. The van der Waals surface area contributed by atoms with Gasteiger partial charge in [-0.05, 0) is 32.6 Å². The predicted octanol–water partition coefficient (Wildman–Crippen LogP) is 1.49. The first-order chi connectivity index (χ1) is 12.2. The first-order valence-corrected chi connectivity index (χ1v) is 9.29. The number of ether oxygens (including phenoxy) is 1. The third kappa shape index (κ3) is 4.29. The topological polar surface area (TPSA) is 89.3 Å². The molecule has 1 N–H and O–H groups in total. The molecule has 0 spiro atoms. The van der Waals surface area contributed by atoms with Crippen molar-refractivity contribution in [1.82, 2.24) is 25.0 Å². The van der Waals surface area contributed by atoms with Crippen LogP contribution in [-0.2, 0) is 29.0 Å². The highest BCUT2D eigenvalue weighted by atomic mass is 16.5. The van der Waals surface area contributed by atoms with Crippen molar-refractivity contribution in [3.8, 4) is 0 Å². The van der Waals surface area contributed by atoms with E-state index in [-0.39, 0.29) is 17.9 Å². The van der Waals surface area contributed by atoms with Crippen LogP contribution in [0.15, 0.2) is 0 Å². The number of aromatic nitrogens is 3. The van der Waals surface area contributed by atoms with E-state index in [1.807, 2.05) is 6.92 Å². The molecule has 0 saturated carbocycles. The van der Waals surface area contributed by atoms with Crippen molar-refractivity contribution in [2.45, 2.75) is 58.5 Å². The maximum Gasteiger partial charge on any atom is 0.317 e. The molecule has 0 aromatic carbocycles. The Labute approximate surface area is 147 Å². The lowest BCUT2D eigenvalue weighted by atomic mass is 9.97. The minimum atomic E-state index is -0.145. The van der Waals surface area contributed by atoms with Crippen molar-refractivity contribution in [2.24, 2.45) is 5.92 Å². The minimum Gasteiger partial charge on any atom is -0.466 e. The summed E-state index contributed by atoms with van der Waals surface area (Å²) in [5.41, 5.74) is 0. The lowest BCUT2D eigenvalue weighted by molar-refractivity contribution is -0.149. The van der Waals surface area contributed by atoms with Crippen molar-refractivity contribution < 1.29 is 14.3 Å². The Morgan fingerprint density at radius 1 is 1.16 bits per heavy atom. The Kier molecular flexibility index (Phi) is 5.88. The molecule has 0 radical (unpaired) electrons. The summed E-state index contributed by atoms with van der Waals surface area (Å²) in [5.74, 6) is 1.62. The zero-order valence-corrected chi connectivity index (χ0v) is 14.9. The molecule has 0 aliphatic carbocycles. The van der Waals surface area contributed by atoms with Crippen LogP contribution in [0.3, 0.4) is 0 Å². The highest BCUT2D eigenvalue weighted by Gasteiger charge is 2.28. The molecule has 0 atom stereocenters. The van der Waals surface area contributed by atoms with Crippen LogP contribution in [0.5, 0.6) is 0 Å². The van der Waals surface area contributed by atoms with Gasteiger partial charge in [0.15, 0.2) is 5.82 Å². The number of carbonyl (C=O) groups excluding carboxylic acids is 2. The van der Waals surface area contributed by atoms with Gasteiger partial charge in [0.25, 0.3) is 0 Å². The Bertz CT molecular complexity index is 607. The van der Waals surface area contributed by atoms with Gasteiger partial charge >= 0.3 is 12.0 Å². The van der Waals surface area contributed by atoms with Crippen LogP contribution < -0.4 is 5.32 Å². The van der Waals surface area contributed by atoms with Gasteiger partial charge in [0.2, 0.25) is 0 Å². The van der Waals surface area contributed by atoms with Gasteiger partial charge in [-0.3, -0.25) is 4.79 Å². The number of amides is 2. The Hall–Kier alpha value is -2.12. The van der Waals surface area contributed by atoms with E-state index in [0.717, 1.165) is 37.5 Å². The van der Waals surface area contributed by atoms with Crippen LogP contribution in [0, 0.1) is 5.92 Å². The molecule has 1 saturated heterocycles. The number of nitrogens with zero attached hydrogens (tertiary/aromatic N) is 4. The third-order valence-electron chi connectivity index (χ3n) is 4.99. The Morgan fingerprint density at radius 2 is 1.96 bits per heavy atom. The molecule has 8 heteroatoms. The van der Waals surface area contributed by atoms with Crippen LogP contribution in [0.25, 0.3) is 0 Å². The van der Waals surface area contributed by atoms with Crippen LogP contribution >= 0.6 is 0 Å². The van der Waals surface area contributed by atoms with Gasteiger partial charge in [0.1, 0.15) is 5.82 Å². The summed E-state index contributed by atoms with van der Waals surface area (Å²) in [6, 6.07) is -0.103. The highest BCUT2D eigenvalue weighted by molar-refractivity contribution is 5.75. The average Bonchev–Trinajstić information content (AvgIpc) is 2.86. The molecule has 1 aromatic rings. The van der Waals surface area contributed by atoms with Crippen LogP contribution in [-0.4, -0.2) is 51.4 Å². The zero-order chi connectivity index (χ0) is 17.6. The maximum atomic E-state index is 12.4. The van der Waals surface area contributed by atoms with Gasteiger partial charge in [-0.1, -0.05) is 6.42 Å². The fraction of sp³-hybridized carbons (Fsp3) is 0.765. The van der Waals surface area contributed by atoms with Gasteiger partial charge < -0.3 is 19.5 Å². The van der Waals surface area contributed by atoms with Gasteiger partial charge in [-0.15, -0.1) is 10.2 Å². The van der Waals surface area contributed by atoms with Crippen molar-refractivity contribution in [3.05, 3.63) is 11.6 Å². The van der Waals surface area contributed by atoms with E-state index in [9.17, 15) is 9.59 Å².